The summed E-state index contributed by atoms with van der Waals surface area (Å²) < 4.78 is 5.54. The van der Waals surface area contributed by atoms with E-state index >= 15 is 0 Å². The van der Waals surface area contributed by atoms with Gasteiger partial charge in [-0.15, -0.1) is 28.6 Å². The first-order chi connectivity index (χ1) is 13.1. The van der Waals surface area contributed by atoms with Crippen LogP contribution in [0.25, 0.3) is 0 Å². The summed E-state index contributed by atoms with van der Waals surface area (Å²) in [6, 6.07) is 18.2. The fourth-order valence-corrected chi connectivity index (χ4v) is 3.89. The summed E-state index contributed by atoms with van der Waals surface area (Å²) in [4.78, 5) is 14.3. The first-order valence-corrected chi connectivity index (χ1v) is 10.5. The van der Waals surface area contributed by atoms with Crippen molar-refractivity contribution in [2.45, 2.75) is 35.3 Å². The number of rotatable bonds is 8. The number of carbonyl (C=O) groups is 1. The van der Waals surface area contributed by atoms with Crippen molar-refractivity contribution in [2.24, 2.45) is 0 Å². The predicted octanol–water partition coefficient (Wildman–Crippen LogP) is 4.89. The van der Waals surface area contributed by atoms with Gasteiger partial charge in [0.25, 0.3) is 0 Å². The SMILES string of the molecule is CC(C)Sc1ccc(Cc2nnc(NC(=O)CSc3ccccc3)o2)cc1. The zero-order chi connectivity index (χ0) is 19.1. The largest absolute Gasteiger partial charge is 0.407 e. The van der Waals surface area contributed by atoms with E-state index in [2.05, 4.69) is 53.6 Å². The highest BCUT2D eigenvalue weighted by molar-refractivity contribution is 8.00. The zero-order valence-corrected chi connectivity index (χ0v) is 16.8. The predicted molar refractivity (Wildman–Crippen MR) is 110 cm³/mol. The number of benzene rings is 2. The summed E-state index contributed by atoms with van der Waals surface area (Å²) in [5, 5.41) is 11.1. The van der Waals surface area contributed by atoms with Gasteiger partial charge in [0, 0.05) is 15.0 Å². The number of nitrogens with one attached hydrogen (secondary N) is 1. The Morgan fingerprint density at radius 3 is 2.48 bits per heavy atom. The fourth-order valence-electron chi connectivity index (χ4n) is 2.33. The molecule has 0 bridgehead atoms. The van der Waals surface area contributed by atoms with E-state index in [9.17, 15) is 4.79 Å². The molecule has 0 aliphatic heterocycles. The molecule has 2 aromatic carbocycles. The first-order valence-electron chi connectivity index (χ1n) is 8.64. The van der Waals surface area contributed by atoms with Crippen LogP contribution in [0.1, 0.15) is 25.3 Å². The molecule has 27 heavy (non-hydrogen) atoms. The van der Waals surface area contributed by atoms with Gasteiger partial charge in [-0.3, -0.25) is 10.1 Å². The normalized spacial score (nSPS) is 10.9. The highest BCUT2D eigenvalue weighted by Gasteiger charge is 2.11. The molecule has 0 aliphatic carbocycles. The van der Waals surface area contributed by atoms with Gasteiger partial charge in [0.05, 0.1) is 12.2 Å². The Balaban J connectivity index is 1.50. The molecule has 0 saturated carbocycles. The minimum absolute atomic E-state index is 0.135. The molecule has 1 aromatic heterocycles. The van der Waals surface area contributed by atoms with Gasteiger partial charge < -0.3 is 4.42 Å². The molecule has 1 N–H and O–H groups in total. The molecule has 0 radical (unpaired) electrons. The van der Waals surface area contributed by atoms with Crippen molar-refractivity contribution in [3.05, 3.63) is 66.1 Å². The molecule has 0 fully saturated rings. The molecule has 1 amide bonds. The number of aromatic nitrogens is 2. The molecule has 0 spiro atoms. The van der Waals surface area contributed by atoms with E-state index in [1.165, 1.54) is 16.7 Å². The molecule has 3 aromatic rings. The summed E-state index contributed by atoms with van der Waals surface area (Å²) in [5.41, 5.74) is 1.09. The topological polar surface area (TPSA) is 68.0 Å². The van der Waals surface area contributed by atoms with Crippen LogP contribution in [0, 0.1) is 0 Å². The van der Waals surface area contributed by atoms with E-state index in [1.807, 2.05) is 42.1 Å². The third kappa shape index (κ3) is 6.45. The van der Waals surface area contributed by atoms with Gasteiger partial charge >= 0.3 is 6.01 Å². The second-order valence-electron chi connectivity index (χ2n) is 6.14. The zero-order valence-electron chi connectivity index (χ0n) is 15.2. The lowest BCUT2D eigenvalue weighted by Crippen LogP contribution is -2.14. The standard InChI is InChI=1S/C20H21N3O2S2/c1-14(2)27-17-10-8-15(9-11-17)12-19-22-23-20(25-19)21-18(24)13-26-16-6-4-3-5-7-16/h3-11,14H,12-13H2,1-2H3,(H,21,23,24). The van der Waals surface area contributed by atoms with Gasteiger partial charge in [-0.05, 0) is 29.8 Å². The van der Waals surface area contributed by atoms with E-state index in [0.717, 1.165) is 10.5 Å². The van der Waals surface area contributed by atoms with Crippen molar-refractivity contribution in [1.82, 2.24) is 10.2 Å². The van der Waals surface area contributed by atoms with Crippen molar-refractivity contribution < 1.29 is 9.21 Å². The maximum Gasteiger partial charge on any atom is 0.322 e. The average Bonchev–Trinajstić information content (AvgIpc) is 3.09. The van der Waals surface area contributed by atoms with Gasteiger partial charge in [0.15, 0.2) is 0 Å². The third-order valence-corrected chi connectivity index (χ3v) is 5.50. The van der Waals surface area contributed by atoms with Gasteiger partial charge in [0.1, 0.15) is 0 Å². The Labute approximate surface area is 167 Å². The van der Waals surface area contributed by atoms with Crippen LogP contribution in [0.4, 0.5) is 6.01 Å². The Morgan fingerprint density at radius 1 is 1.04 bits per heavy atom. The molecular formula is C20H21N3O2S2. The van der Waals surface area contributed by atoms with Crippen LogP contribution in [-0.2, 0) is 11.2 Å². The first kappa shape index (κ1) is 19.5. The Hall–Kier alpha value is -2.25. The summed E-state index contributed by atoms with van der Waals surface area (Å²) in [6.07, 6.45) is 0.536. The Kier molecular flexibility index (Phi) is 6.95. The van der Waals surface area contributed by atoms with Crippen LogP contribution in [0.5, 0.6) is 0 Å². The number of carbonyl (C=O) groups excluding carboxylic acids is 1. The number of hydrogen-bond donors (Lipinski definition) is 1. The number of anilines is 1. The highest BCUT2D eigenvalue weighted by atomic mass is 32.2. The molecule has 140 valence electrons. The molecule has 0 atom stereocenters. The number of nitrogens with zero attached hydrogens (tertiary/aromatic N) is 2. The molecule has 5 nitrogen and oxygen atoms in total. The van der Waals surface area contributed by atoms with Crippen LogP contribution >= 0.6 is 23.5 Å². The van der Waals surface area contributed by atoms with Crippen LogP contribution in [0.15, 0.2) is 68.8 Å². The van der Waals surface area contributed by atoms with E-state index < -0.39 is 0 Å². The fraction of sp³-hybridized carbons (Fsp3) is 0.250. The minimum atomic E-state index is -0.172. The van der Waals surface area contributed by atoms with Crippen molar-refractivity contribution in [3.8, 4) is 0 Å². The van der Waals surface area contributed by atoms with Gasteiger partial charge in [-0.2, -0.15) is 0 Å². The lowest BCUT2D eigenvalue weighted by atomic mass is 10.1. The quantitative estimate of drug-likeness (QED) is 0.544. The monoisotopic (exact) mass is 399 g/mol. The molecule has 0 unspecified atom stereocenters. The van der Waals surface area contributed by atoms with Gasteiger partial charge in [-0.25, -0.2) is 0 Å². The molecule has 1 heterocycles. The van der Waals surface area contributed by atoms with E-state index in [-0.39, 0.29) is 17.7 Å². The maximum atomic E-state index is 12.0. The third-order valence-electron chi connectivity index (χ3n) is 3.48. The number of amides is 1. The molecule has 0 saturated heterocycles. The van der Waals surface area contributed by atoms with E-state index in [0.29, 0.717) is 17.6 Å². The number of hydrogen-bond acceptors (Lipinski definition) is 6. The van der Waals surface area contributed by atoms with Crippen LogP contribution in [-0.4, -0.2) is 27.1 Å². The van der Waals surface area contributed by atoms with E-state index in [1.54, 1.807) is 0 Å². The Morgan fingerprint density at radius 2 is 1.78 bits per heavy atom. The summed E-state index contributed by atoms with van der Waals surface area (Å²) in [7, 11) is 0. The van der Waals surface area contributed by atoms with Gasteiger partial charge in [-0.1, -0.05) is 49.3 Å². The molecular weight excluding hydrogens is 378 g/mol. The van der Waals surface area contributed by atoms with Crippen LogP contribution in [0.2, 0.25) is 0 Å². The van der Waals surface area contributed by atoms with Crippen molar-refractivity contribution in [3.63, 3.8) is 0 Å². The highest BCUT2D eigenvalue weighted by Crippen LogP contribution is 2.23. The van der Waals surface area contributed by atoms with Crippen LogP contribution in [0.3, 0.4) is 0 Å². The average molecular weight is 400 g/mol. The maximum absolute atomic E-state index is 12.0. The summed E-state index contributed by atoms with van der Waals surface area (Å²) in [5.74, 6) is 0.593. The van der Waals surface area contributed by atoms with Crippen LogP contribution < -0.4 is 5.32 Å². The van der Waals surface area contributed by atoms with Gasteiger partial charge in [0.2, 0.25) is 11.8 Å². The van der Waals surface area contributed by atoms with Crippen molar-refractivity contribution in [2.75, 3.05) is 11.1 Å². The molecule has 0 aliphatic rings. The Bertz CT molecular complexity index is 864. The number of thioether (sulfide) groups is 2. The minimum Gasteiger partial charge on any atom is -0.407 e. The summed E-state index contributed by atoms with van der Waals surface area (Å²) in [6.45, 7) is 4.34. The lowest BCUT2D eigenvalue weighted by Gasteiger charge is -2.05. The molecule has 7 heteroatoms. The lowest BCUT2D eigenvalue weighted by molar-refractivity contribution is -0.113. The molecule has 3 rings (SSSR count). The van der Waals surface area contributed by atoms with Crippen molar-refractivity contribution >= 4 is 35.4 Å². The summed E-state index contributed by atoms with van der Waals surface area (Å²) >= 11 is 3.29. The van der Waals surface area contributed by atoms with Crippen molar-refractivity contribution in [1.29, 1.82) is 0 Å². The van der Waals surface area contributed by atoms with E-state index in [4.69, 9.17) is 4.42 Å². The second-order valence-corrected chi connectivity index (χ2v) is 8.84. The second kappa shape index (κ2) is 9.62. The smallest absolute Gasteiger partial charge is 0.322 e.